The van der Waals surface area contributed by atoms with Crippen LogP contribution in [0.25, 0.3) is 0 Å². The molecule has 0 radical (unpaired) electrons. The van der Waals surface area contributed by atoms with Gasteiger partial charge in [-0.3, -0.25) is 14.5 Å². The van der Waals surface area contributed by atoms with Gasteiger partial charge in [0.25, 0.3) is 0 Å². The molecule has 0 bridgehead atoms. The first-order valence-electron chi connectivity index (χ1n) is 8.69. The van der Waals surface area contributed by atoms with Gasteiger partial charge in [-0.05, 0) is 57.1 Å². The van der Waals surface area contributed by atoms with Gasteiger partial charge in [-0.15, -0.1) is 0 Å². The fourth-order valence-corrected chi connectivity index (χ4v) is 2.57. The fourth-order valence-electron chi connectivity index (χ4n) is 2.57. The third-order valence-electron chi connectivity index (χ3n) is 4.62. The van der Waals surface area contributed by atoms with Gasteiger partial charge in [0.15, 0.2) is 0 Å². The summed E-state index contributed by atoms with van der Waals surface area (Å²) in [5.74, 6) is -0.469. The number of amides is 2. The summed E-state index contributed by atoms with van der Waals surface area (Å²) in [5.41, 5.74) is 3.75. The van der Waals surface area contributed by atoms with Gasteiger partial charge in [-0.25, -0.2) is 0 Å². The lowest BCUT2D eigenvalue weighted by atomic mass is 10.1. The van der Waals surface area contributed by atoms with Crippen molar-refractivity contribution >= 4 is 23.2 Å². The highest BCUT2D eigenvalue weighted by molar-refractivity contribution is 5.97. The molecule has 2 aromatic rings. The zero-order valence-corrected chi connectivity index (χ0v) is 16.0. The normalized spacial score (nSPS) is 11.6. The van der Waals surface area contributed by atoms with Crippen LogP contribution in [0.1, 0.15) is 23.6 Å². The predicted octanol–water partition coefficient (Wildman–Crippen LogP) is 3.07. The lowest BCUT2D eigenvalue weighted by Gasteiger charge is -2.23. The lowest BCUT2D eigenvalue weighted by Crippen LogP contribution is -2.43. The van der Waals surface area contributed by atoms with Crippen LogP contribution in [-0.2, 0) is 9.59 Å². The molecule has 27 heavy (non-hydrogen) atoms. The average Bonchev–Trinajstić information content (AvgIpc) is 2.65. The summed E-state index contributed by atoms with van der Waals surface area (Å²) in [6, 6.07) is 14.1. The maximum atomic E-state index is 12.5. The van der Waals surface area contributed by atoms with Crippen LogP contribution in [0.4, 0.5) is 11.4 Å². The highest BCUT2D eigenvalue weighted by Gasteiger charge is 2.21. The molecular formula is C21H24N4O2. The summed E-state index contributed by atoms with van der Waals surface area (Å²) in [4.78, 5) is 26.5. The Labute approximate surface area is 159 Å². The summed E-state index contributed by atoms with van der Waals surface area (Å²) < 4.78 is 0. The number of nitriles is 1. The van der Waals surface area contributed by atoms with Gasteiger partial charge in [0, 0.05) is 5.69 Å². The van der Waals surface area contributed by atoms with E-state index < -0.39 is 6.04 Å². The van der Waals surface area contributed by atoms with E-state index in [1.807, 2.05) is 38.1 Å². The minimum atomic E-state index is -0.541. The number of nitrogens with zero attached hydrogens (tertiary/aromatic N) is 2. The Morgan fingerprint density at radius 1 is 1.07 bits per heavy atom. The van der Waals surface area contributed by atoms with Crippen LogP contribution in [-0.4, -0.2) is 36.3 Å². The topological polar surface area (TPSA) is 85.2 Å². The summed E-state index contributed by atoms with van der Waals surface area (Å²) in [5, 5.41) is 14.8. The molecule has 0 aliphatic heterocycles. The van der Waals surface area contributed by atoms with Crippen molar-refractivity contribution in [3.63, 3.8) is 0 Å². The molecule has 2 amide bonds. The van der Waals surface area contributed by atoms with Crippen molar-refractivity contribution in [2.45, 2.75) is 26.8 Å². The van der Waals surface area contributed by atoms with Gasteiger partial charge in [-0.1, -0.05) is 24.3 Å². The van der Waals surface area contributed by atoms with Crippen LogP contribution < -0.4 is 10.6 Å². The predicted molar refractivity (Wildman–Crippen MR) is 106 cm³/mol. The van der Waals surface area contributed by atoms with E-state index >= 15 is 0 Å². The van der Waals surface area contributed by atoms with Crippen molar-refractivity contribution in [1.29, 1.82) is 5.26 Å². The molecule has 0 aliphatic carbocycles. The summed E-state index contributed by atoms with van der Waals surface area (Å²) >= 11 is 0. The zero-order chi connectivity index (χ0) is 20.0. The van der Waals surface area contributed by atoms with Crippen molar-refractivity contribution in [3.05, 3.63) is 59.2 Å². The third kappa shape index (κ3) is 5.16. The van der Waals surface area contributed by atoms with Crippen molar-refractivity contribution in [1.82, 2.24) is 4.90 Å². The first-order chi connectivity index (χ1) is 12.8. The molecule has 0 spiro atoms. The van der Waals surface area contributed by atoms with E-state index in [1.165, 1.54) is 0 Å². The third-order valence-corrected chi connectivity index (χ3v) is 4.62. The minimum absolute atomic E-state index is 0.0713. The number of benzene rings is 2. The van der Waals surface area contributed by atoms with E-state index in [-0.39, 0.29) is 18.4 Å². The molecule has 2 N–H and O–H groups in total. The molecule has 6 heteroatoms. The van der Waals surface area contributed by atoms with Gasteiger partial charge < -0.3 is 10.6 Å². The summed E-state index contributed by atoms with van der Waals surface area (Å²) in [7, 11) is 1.71. The first-order valence-corrected chi connectivity index (χ1v) is 8.69. The Hall–Kier alpha value is -3.17. The Bertz CT molecular complexity index is 886. The van der Waals surface area contributed by atoms with E-state index in [0.29, 0.717) is 11.3 Å². The maximum absolute atomic E-state index is 12.5. The number of carbonyl (C=O) groups excluding carboxylic acids is 2. The zero-order valence-electron chi connectivity index (χ0n) is 16.0. The highest BCUT2D eigenvalue weighted by Crippen LogP contribution is 2.18. The second-order valence-electron chi connectivity index (χ2n) is 6.53. The second-order valence-corrected chi connectivity index (χ2v) is 6.53. The number of para-hydroxylation sites is 1. The molecular weight excluding hydrogens is 340 g/mol. The molecule has 0 aliphatic rings. The van der Waals surface area contributed by atoms with E-state index in [9.17, 15) is 9.59 Å². The number of aryl methyl sites for hydroxylation is 1. The number of hydrogen-bond donors (Lipinski definition) is 2. The summed E-state index contributed by atoms with van der Waals surface area (Å²) in [6.45, 7) is 5.73. The van der Waals surface area contributed by atoms with Crippen LogP contribution >= 0.6 is 0 Å². The van der Waals surface area contributed by atoms with Gasteiger partial charge in [0.2, 0.25) is 11.8 Å². The Morgan fingerprint density at radius 3 is 2.44 bits per heavy atom. The fraction of sp³-hybridized carbons (Fsp3) is 0.286. The molecule has 0 saturated heterocycles. The molecule has 1 atom stereocenters. The molecule has 0 saturated carbocycles. The number of likely N-dealkylation sites (N-methyl/N-ethyl adjacent to an activating group) is 1. The number of carbonyl (C=O) groups is 2. The quantitative estimate of drug-likeness (QED) is 0.825. The van der Waals surface area contributed by atoms with Crippen LogP contribution in [0.15, 0.2) is 42.5 Å². The number of anilines is 2. The number of rotatable bonds is 6. The van der Waals surface area contributed by atoms with Crippen molar-refractivity contribution in [2.24, 2.45) is 0 Å². The average molecular weight is 364 g/mol. The van der Waals surface area contributed by atoms with E-state index in [0.717, 1.165) is 16.8 Å². The minimum Gasteiger partial charge on any atom is -0.325 e. The van der Waals surface area contributed by atoms with E-state index in [1.54, 1.807) is 43.1 Å². The molecule has 6 nitrogen and oxygen atoms in total. The standard InChI is InChI=1S/C21H24N4O2/c1-14-8-7-11-18(15(14)2)23-20(26)13-25(4)16(3)21(27)24-19-10-6-5-9-17(19)12-22/h5-11,16H,13H2,1-4H3,(H,23,26)(H,24,27)/t16-/m0/s1. The molecule has 0 aromatic heterocycles. The van der Waals surface area contributed by atoms with Crippen LogP contribution in [0.5, 0.6) is 0 Å². The number of hydrogen-bond acceptors (Lipinski definition) is 4. The second kappa shape index (κ2) is 8.97. The van der Waals surface area contributed by atoms with Gasteiger partial charge >= 0.3 is 0 Å². The van der Waals surface area contributed by atoms with Crippen LogP contribution in [0.2, 0.25) is 0 Å². The largest absolute Gasteiger partial charge is 0.325 e. The van der Waals surface area contributed by atoms with Crippen molar-refractivity contribution in [3.8, 4) is 6.07 Å². The van der Waals surface area contributed by atoms with Crippen LogP contribution in [0.3, 0.4) is 0 Å². The maximum Gasteiger partial charge on any atom is 0.241 e. The van der Waals surface area contributed by atoms with E-state index in [2.05, 4.69) is 10.6 Å². The molecule has 0 unspecified atom stereocenters. The van der Waals surface area contributed by atoms with Crippen molar-refractivity contribution in [2.75, 3.05) is 24.2 Å². The van der Waals surface area contributed by atoms with Gasteiger partial charge in [0.05, 0.1) is 23.8 Å². The molecule has 2 aromatic carbocycles. The molecule has 140 valence electrons. The number of nitrogens with one attached hydrogen (secondary N) is 2. The van der Waals surface area contributed by atoms with Gasteiger partial charge in [0.1, 0.15) is 6.07 Å². The first kappa shape index (κ1) is 20.1. The SMILES string of the molecule is Cc1cccc(NC(=O)CN(C)[C@@H](C)C(=O)Nc2ccccc2C#N)c1C. The van der Waals surface area contributed by atoms with E-state index in [4.69, 9.17) is 5.26 Å². The molecule has 0 fully saturated rings. The van der Waals surface area contributed by atoms with Gasteiger partial charge in [-0.2, -0.15) is 5.26 Å². The molecule has 2 rings (SSSR count). The lowest BCUT2D eigenvalue weighted by molar-refractivity contribution is -0.122. The Kier molecular flexibility index (Phi) is 6.69. The summed E-state index contributed by atoms with van der Waals surface area (Å²) in [6.07, 6.45) is 0. The van der Waals surface area contributed by atoms with Crippen LogP contribution in [0, 0.1) is 25.2 Å². The Balaban J connectivity index is 1.97. The Morgan fingerprint density at radius 2 is 1.74 bits per heavy atom. The highest BCUT2D eigenvalue weighted by atomic mass is 16.2. The smallest absolute Gasteiger partial charge is 0.241 e. The van der Waals surface area contributed by atoms with Crippen molar-refractivity contribution < 1.29 is 9.59 Å². The molecule has 0 heterocycles. The monoisotopic (exact) mass is 364 g/mol.